The minimum absolute atomic E-state index is 0.146. The Labute approximate surface area is 159 Å². The average molecular weight is 388 g/mol. The summed E-state index contributed by atoms with van der Waals surface area (Å²) in [7, 11) is -0.576. The molecule has 0 saturated heterocycles. The first-order chi connectivity index (χ1) is 12.9. The molecule has 27 heavy (non-hydrogen) atoms. The average Bonchev–Trinajstić information content (AvgIpc) is 3.16. The van der Waals surface area contributed by atoms with Crippen molar-refractivity contribution in [2.24, 2.45) is 0 Å². The fourth-order valence-corrected chi connectivity index (χ4v) is 3.93. The van der Waals surface area contributed by atoms with Crippen molar-refractivity contribution < 1.29 is 13.2 Å². The van der Waals surface area contributed by atoms with Crippen LogP contribution < -0.4 is 10.6 Å². The predicted molar refractivity (Wildman–Crippen MR) is 105 cm³/mol. The molecule has 1 saturated carbocycles. The van der Waals surface area contributed by atoms with Crippen molar-refractivity contribution in [3.8, 4) is 0 Å². The number of carbonyl (C=O) groups excluding carboxylic acids is 1. The number of nitrogens with zero attached hydrogens (tertiary/aromatic N) is 2. The molecule has 1 heterocycles. The van der Waals surface area contributed by atoms with E-state index in [0.29, 0.717) is 17.3 Å². The largest absolute Gasteiger partial charge is 0.367 e. The maximum absolute atomic E-state index is 12.4. The van der Waals surface area contributed by atoms with Gasteiger partial charge in [-0.15, -0.1) is 0 Å². The summed E-state index contributed by atoms with van der Waals surface area (Å²) in [6, 6.07) is 9.97. The fraction of sp³-hybridized carbons (Fsp3) is 0.368. The lowest BCUT2D eigenvalue weighted by Crippen LogP contribution is -2.22. The maximum atomic E-state index is 12.4. The molecule has 0 aliphatic heterocycles. The van der Waals surface area contributed by atoms with Crippen molar-refractivity contribution in [2.75, 3.05) is 24.7 Å². The van der Waals surface area contributed by atoms with Crippen molar-refractivity contribution in [1.29, 1.82) is 0 Å². The number of anilines is 2. The molecule has 144 valence electrons. The molecule has 0 spiro atoms. The Balaban J connectivity index is 1.63. The van der Waals surface area contributed by atoms with E-state index in [-0.39, 0.29) is 10.8 Å². The second kappa shape index (κ2) is 8.06. The van der Waals surface area contributed by atoms with Crippen LogP contribution in [0, 0.1) is 0 Å². The van der Waals surface area contributed by atoms with Gasteiger partial charge in [-0.2, -0.15) is 0 Å². The van der Waals surface area contributed by atoms with Gasteiger partial charge >= 0.3 is 0 Å². The number of aromatic nitrogens is 1. The molecule has 1 aromatic carbocycles. The minimum atomic E-state index is -3.51. The number of amides is 1. The fourth-order valence-electron chi connectivity index (χ4n) is 3.02. The molecule has 1 fully saturated rings. The van der Waals surface area contributed by atoms with E-state index in [2.05, 4.69) is 15.6 Å². The van der Waals surface area contributed by atoms with Gasteiger partial charge in [-0.05, 0) is 49.2 Å². The third kappa shape index (κ3) is 4.64. The summed E-state index contributed by atoms with van der Waals surface area (Å²) in [5, 5.41) is 6.17. The zero-order valence-corrected chi connectivity index (χ0v) is 16.3. The highest BCUT2D eigenvalue weighted by atomic mass is 32.2. The molecular formula is C19H24N4O3S. The standard InChI is InChI=1S/C19H24N4O3S/c1-23(2)27(25,26)17-10-7-14(8-11-17)19(24)22-16-9-12-18(20-13-16)21-15-5-3-4-6-15/h7-13,15H,3-6H2,1-2H3,(H,20,21)(H,22,24). The molecule has 0 bridgehead atoms. The highest BCUT2D eigenvalue weighted by molar-refractivity contribution is 7.89. The topological polar surface area (TPSA) is 91.4 Å². The molecule has 3 rings (SSSR count). The third-order valence-corrected chi connectivity index (χ3v) is 6.45. The first-order valence-electron chi connectivity index (χ1n) is 8.93. The van der Waals surface area contributed by atoms with Gasteiger partial charge in [0.05, 0.1) is 16.8 Å². The van der Waals surface area contributed by atoms with Gasteiger partial charge in [-0.3, -0.25) is 4.79 Å². The quantitative estimate of drug-likeness (QED) is 0.794. The van der Waals surface area contributed by atoms with Gasteiger partial charge in [0, 0.05) is 25.7 Å². The smallest absolute Gasteiger partial charge is 0.255 e. The number of sulfonamides is 1. The van der Waals surface area contributed by atoms with Gasteiger partial charge in [-0.1, -0.05) is 12.8 Å². The SMILES string of the molecule is CN(C)S(=O)(=O)c1ccc(C(=O)Nc2ccc(NC3CCCC3)nc2)cc1. The summed E-state index contributed by atoms with van der Waals surface area (Å²) < 4.78 is 25.3. The van der Waals surface area contributed by atoms with Crippen LogP contribution in [0.1, 0.15) is 36.0 Å². The first-order valence-corrected chi connectivity index (χ1v) is 10.4. The van der Waals surface area contributed by atoms with Crippen LogP contribution in [-0.4, -0.2) is 43.8 Å². The van der Waals surface area contributed by atoms with E-state index in [9.17, 15) is 13.2 Å². The van der Waals surface area contributed by atoms with Crippen LogP contribution in [0.4, 0.5) is 11.5 Å². The number of hydrogen-bond acceptors (Lipinski definition) is 5. The van der Waals surface area contributed by atoms with E-state index in [1.807, 2.05) is 6.07 Å². The van der Waals surface area contributed by atoms with Gasteiger partial charge in [-0.25, -0.2) is 17.7 Å². The molecule has 1 aliphatic rings. The normalized spacial score (nSPS) is 15.1. The van der Waals surface area contributed by atoms with Gasteiger partial charge in [0.2, 0.25) is 10.0 Å². The van der Waals surface area contributed by atoms with Crippen molar-refractivity contribution in [3.63, 3.8) is 0 Å². The van der Waals surface area contributed by atoms with E-state index >= 15 is 0 Å². The molecule has 7 nitrogen and oxygen atoms in total. The summed E-state index contributed by atoms with van der Waals surface area (Å²) in [5.41, 5.74) is 0.961. The summed E-state index contributed by atoms with van der Waals surface area (Å²) in [4.78, 5) is 16.8. The highest BCUT2D eigenvalue weighted by Gasteiger charge is 2.18. The first kappa shape index (κ1) is 19.3. The van der Waals surface area contributed by atoms with Crippen LogP contribution in [0.3, 0.4) is 0 Å². The summed E-state index contributed by atoms with van der Waals surface area (Å²) in [5.74, 6) is 0.486. The van der Waals surface area contributed by atoms with Crippen LogP contribution >= 0.6 is 0 Å². The maximum Gasteiger partial charge on any atom is 0.255 e. The minimum Gasteiger partial charge on any atom is -0.367 e. The number of rotatable bonds is 6. The molecule has 2 aromatic rings. The van der Waals surface area contributed by atoms with Crippen LogP contribution in [0.5, 0.6) is 0 Å². The van der Waals surface area contributed by atoms with Crippen molar-refractivity contribution in [2.45, 2.75) is 36.6 Å². The zero-order valence-electron chi connectivity index (χ0n) is 15.5. The summed E-state index contributed by atoms with van der Waals surface area (Å²) >= 11 is 0. The third-order valence-electron chi connectivity index (χ3n) is 4.62. The Morgan fingerprint density at radius 2 is 1.74 bits per heavy atom. The number of carbonyl (C=O) groups is 1. The molecule has 0 atom stereocenters. The van der Waals surface area contributed by atoms with E-state index in [0.717, 1.165) is 10.1 Å². The van der Waals surface area contributed by atoms with Gasteiger partial charge in [0.1, 0.15) is 5.82 Å². The highest BCUT2D eigenvalue weighted by Crippen LogP contribution is 2.22. The lowest BCUT2D eigenvalue weighted by molar-refractivity contribution is 0.102. The Bertz CT molecular complexity index is 888. The number of pyridine rings is 1. The van der Waals surface area contributed by atoms with E-state index in [1.54, 1.807) is 12.3 Å². The molecule has 1 aliphatic carbocycles. The van der Waals surface area contributed by atoms with Crippen molar-refractivity contribution in [1.82, 2.24) is 9.29 Å². The van der Waals surface area contributed by atoms with Gasteiger partial charge in [0.15, 0.2) is 0 Å². The molecular weight excluding hydrogens is 364 g/mol. The lowest BCUT2D eigenvalue weighted by Gasteiger charge is -2.13. The molecule has 1 amide bonds. The van der Waals surface area contributed by atoms with Crippen LogP contribution in [0.15, 0.2) is 47.5 Å². The number of nitrogens with one attached hydrogen (secondary N) is 2. The predicted octanol–water partition coefficient (Wildman–Crippen LogP) is 2.94. The number of benzene rings is 1. The Kier molecular flexibility index (Phi) is 5.76. The number of hydrogen-bond donors (Lipinski definition) is 2. The molecule has 8 heteroatoms. The second-order valence-corrected chi connectivity index (χ2v) is 8.98. The summed E-state index contributed by atoms with van der Waals surface area (Å²) in [6.45, 7) is 0. The van der Waals surface area contributed by atoms with E-state index in [4.69, 9.17) is 0 Å². The zero-order chi connectivity index (χ0) is 19.4. The van der Waals surface area contributed by atoms with Gasteiger partial charge in [0.25, 0.3) is 5.91 Å². The van der Waals surface area contributed by atoms with E-state index < -0.39 is 10.0 Å². The van der Waals surface area contributed by atoms with Crippen LogP contribution in [-0.2, 0) is 10.0 Å². The Morgan fingerprint density at radius 3 is 2.30 bits per heavy atom. The van der Waals surface area contributed by atoms with Crippen LogP contribution in [0.25, 0.3) is 0 Å². The van der Waals surface area contributed by atoms with Crippen LogP contribution in [0.2, 0.25) is 0 Å². The lowest BCUT2D eigenvalue weighted by atomic mass is 10.2. The molecule has 1 aromatic heterocycles. The second-order valence-electron chi connectivity index (χ2n) is 6.82. The monoisotopic (exact) mass is 388 g/mol. The molecule has 0 radical (unpaired) electrons. The Morgan fingerprint density at radius 1 is 1.07 bits per heavy atom. The van der Waals surface area contributed by atoms with E-state index in [1.165, 1.54) is 64.0 Å². The van der Waals surface area contributed by atoms with Crippen molar-refractivity contribution in [3.05, 3.63) is 48.2 Å². The summed E-state index contributed by atoms with van der Waals surface area (Å²) in [6.07, 6.45) is 6.44. The van der Waals surface area contributed by atoms with Gasteiger partial charge < -0.3 is 10.6 Å². The molecule has 2 N–H and O–H groups in total. The molecule has 0 unspecified atom stereocenters. The van der Waals surface area contributed by atoms with Crippen molar-refractivity contribution >= 4 is 27.4 Å². The Hall–Kier alpha value is -2.45.